The SMILES string of the molecule is O=C(Cn1c(/C=C/c2ccccc2)nc2ccccc21)N1CCCC1. The summed E-state index contributed by atoms with van der Waals surface area (Å²) in [7, 11) is 0. The second-order valence-electron chi connectivity index (χ2n) is 6.38. The summed E-state index contributed by atoms with van der Waals surface area (Å²) >= 11 is 0. The van der Waals surface area contributed by atoms with Crippen molar-refractivity contribution in [3.8, 4) is 0 Å². The zero-order chi connectivity index (χ0) is 17.1. The molecule has 0 atom stereocenters. The van der Waals surface area contributed by atoms with Crippen molar-refractivity contribution in [3.63, 3.8) is 0 Å². The highest BCUT2D eigenvalue weighted by atomic mass is 16.2. The van der Waals surface area contributed by atoms with Crippen molar-refractivity contribution < 1.29 is 4.79 Å². The fourth-order valence-corrected chi connectivity index (χ4v) is 3.32. The summed E-state index contributed by atoms with van der Waals surface area (Å²) in [4.78, 5) is 19.3. The summed E-state index contributed by atoms with van der Waals surface area (Å²) in [5.74, 6) is 0.993. The fraction of sp³-hybridized carbons (Fsp3) is 0.238. The summed E-state index contributed by atoms with van der Waals surface area (Å²) in [5.41, 5.74) is 3.04. The first kappa shape index (κ1) is 15.6. The van der Waals surface area contributed by atoms with E-state index in [1.165, 1.54) is 0 Å². The number of carbonyl (C=O) groups is 1. The van der Waals surface area contributed by atoms with E-state index in [1.807, 2.05) is 64.1 Å². The normalized spacial score (nSPS) is 14.6. The molecule has 0 N–H and O–H groups in total. The molecule has 0 unspecified atom stereocenters. The van der Waals surface area contributed by atoms with Gasteiger partial charge in [-0.3, -0.25) is 4.79 Å². The zero-order valence-electron chi connectivity index (χ0n) is 14.1. The lowest BCUT2D eigenvalue weighted by Crippen LogP contribution is -2.31. The maximum atomic E-state index is 12.6. The molecule has 4 nitrogen and oxygen atoms in total. The molecule has 3 aromatic rings. The van der Waals surface area contributed by atoms with E-state index in [0.29, 0.717) is 6.54 Å². The fourth-order valence-electron chi connectivity index (χ4n) is 3.32. The molecule has 2 aromatic carbocycles. The van der Waals surface area contributed by atoms with Gasteiger partial charge in [0.05, 0.1) is 11.0 Å². The van der Waals surface area contributed by atoms with Gasteiger partial charge in [-0.2, -0.15) is 0 Å². The first-order chi connectivity index (χ1) is 12.3. The van der Waals surface area contributed by atoms with Crippen LogP contribution in [0.15, 0.2) is 54.6 Å². The van der Waals surface area contributed by atoms with Gasteiger partial charge in [0.25, 0.3) is 0 Å². The Bertz CT molecular complexity index is 905. The first-order valence-corrected chi connectivity index (χ1v) is 8.77. The van der Waals surface area contributed by atoms with E-state index >= 15 is 0 Å². The second kappa shape index (κ2) is 6.93. The molecule has 0 spiro atoms. The van der Waals surface area contributed by atoms with Gasteiger partial charge in [-0.15, -0.1) is 0 Å². The quantitative estimate of drug-likeness (QED) is 0.729. The number of hydrogen-bond acceptors (Lipinski definition) is 2. The number of imidazole rings is 1. The summed E-state index contributed by atoms with van der Waals surface area (Å²) in [6.07, 6.45) is 6.25. The monoisotopic (exact) mass is 331 g/mol. The minimum Gasteiger partial charge on any atom is -0.341 e. The predicted octanol–water partition coefficient (Wildman–Crippen LogP) is 3.83. The number of benzene rings is 2. The third kappa shape index (κ3) is 3.33. The topological polar surface area (TPSA) is 38.1 Å². The molecular weight excluding hydrogens is 310 g/mol. The Morgan fingerprint density at radius 3 is 2.48 bits per heavy atom. The minimum absolute atomic E-state index is 0.176. The maximum absolute atomic E-state index is 12.6. The smallest absolute Gasteiger partial charge is 0.242 e. The van der Waals surface area contributed by atoms with E-state index in [4.69, 9.17) is 4.98 Å². The van der Waals surface area contributed by atoms with Gasteiger partial charge in [-0.1, -0.05) is 48.5 Å². The van der Waals surface area contributed by atoms with Crippen LogP contribution in [0.2, 0.25) is 0 Å². The number of aromatic nitrogens is 2. The number of rotatable bonds is 4. The van der Waals surface area contributed by atoms with Crippen molar-refractivity contribution in [2.24, 2.45) is 0 Å². The van der Waals surface area contributed by atoms with Crippen LogP contribution in [0.4, 0.5) is 0 Å². The van der Waals surface area contributed by atoms with E-state index in [-0.39, 0.29) is 5.91 Å². The van der Waals surface area contributed by atoms with Crippen LogP contribution < -0.4 is 0 Å². The van der Waals surface area contributed by atoms with Crippen LogP contribution in [-0.4, -0.2) is 33.4 Å². The average molecular weight is 331 g/mol. The van der Waals surface area contributed by atoms with Crippen LogP contribution in [0.3, 0.4) is 0 Å². The molecule has 4 rings (SSSR count). The molecule has 1 amide bonds. The summed E-state index contributed by atoms with van der Waals surface area (Å²) in [5, 5.41) is 0. The number of nitrogens with zero attached hydrogens (tertiary/aromatic N) is 3. The zero-order valence-corrected chi connectivity index (χ0v) is 14.1. The number of amides is 1. The van der Waals surface area contributed by atoms with Crippen LogP contribution in [0.1, 0.15) is 24.2 Å². The molecule has 0 aliphatic carbocycles. The Kier molecular flexibility index (Phi) is 4.34. The van der Waals surface area contributed by atoms with E-state index < -0.39 is 0 Å². The second-order valence-corrected chi connectivity index (χ2v) is 6.38. The molecule has 1 aromatic heterocycles. The van der Waals surface area contributed by atoms with Crippen LogP contribution in [-0.2, 0) is 11.3 Å². The van der Waals surface area contributed by atoms with Crippen molar-refractivity contribution in [1.82, 2.24) is 14.5 Å². The maximum Gasteiger partial charge on any atom is 0.242 e. The molecule has 0 radical (unpaired) electrons. The van der Waals surface area contributed by atoms with Crippen molar-refractivity contribution in [2.45, 2.75) is 19.4 Å². The number of likely N-dealkylation sites (tertiary alicyclic amines) is 1. The summed E-state index contributed by atoms with van der Waals surface area (Å²) < 4.78 is 2.02. The Labute approximate surface area is 147 Å². The van der Waals surface area contributed by atoms with Crippen molar-refractivity contribution >= 4 is 29.1 Å². The van der Waals surface area contributed by atoms with Crippen LogP contribution in [0.5, 0.6) is 0 Å². The van der Waals surface area contributed by atoms with Gasteiger partial charge >= 0.3 is 0 Å². The predicted molar refractivity (Wildman–Crippen MR) is 101 cm³/mol. The number of carbonyl (C=O) groups excluding carboxylic acids is 1. The van der Waals surface area contributed by atoms with E-state index in [2.05, 4.69) is 12.1 Å². The molecule has 0 saturated carbocycles. The first-order valence-electron chi connectivity index (χ1n) is 8.77. The van der Waals surface area contributed by atoms with Crippen molar-refractivity contribution in [3.05, 3.63) is 66.0 Å². The van der Waals surface area contributed by atoms with Gasteiger partial charge in [0.1, 0.15) is 12.4 Å². The number of para-hydroxylation sites is 2. The molecule has 1 aliphatic rings. The lowest BCUT2D eigenvalue weighted by molar-refractivity contribution is -0.130. The van der Waals surface area contributed by atoms with Crippen LogP contribution in [0.25, 0.3) is 23.2 Å². The highest BCUT2D eigenvalue weighted by Gasteiger charge is 2.20. The number of fused-ring (bicyclic) bond motifs is 1. The third-order valence-electron chi connectivity index (χ3n) is 4.66. The number of hydrogen-bond donors (Lipinski definition) is 0. The third-order valence-corrected chi connectivity index (χ3v) is 4.66. The van der Waals surface area contributed by atoms with Gasteiger partial charge < -0.3 is 9.47 Å². The largest absolute Gasteiger partial charge is 0.341 e. The minimum atomic E-state index is 0.176. The van der Waals surface area contributed by atoms with Crippen LogP contribution in [0, 0.1) is 0 Å². The highest BCUT2D eigenvalue weighted by Crippen LogP contribution is 2.19. The molecule has 4 heteroatoms. The Balaban J connectivity index is 1.68. The summed E-state index contributed by atoms with van der Waals surface area (Å²) in [6.45, 7) is 2.09. The average Bonchev–Trinajstić information content (AvgIpc) is 3.30. The standard InChI is InChI=1S/C21H21N3O/c25-21(23-14-6-7-15-23)16-24-19-11-5-4-10-18(19)22-20(24)13-12-17-8-2-1-3-9-17/h1-5,8-13H,6-7,14-16H2/b13-12+. The molecule has 1 saturated heterocycles. The Morgan fingerprint density at radius 1 is 0.960 bits per heavy atom. The lowest BCUT2D eigenvalue weighted by atomic mass is 10.2. The van der Waals surface area contributed by atoms with E-state index in [1.54, 1.807) is 0 Å². The highest BCUT2D eigenvalue weighted by molar-refractivity contribution is 5.83. The lowest BCUT2D eigenvalue weighted by Gasteiger charge is -2.16. The molecule has 1 aliphatic heterocycles. The molecular formula is C21H21N3O. The Morgan fingerprint density at radius 2 is 1.68 bits per heavy atom. The van der Waals surface area contributed by atoms with Crippen LogP contribution >= 0.6 is 0 Å². The van der Waals surface area contributed by atoms with Crippen molar-refractivity contribution in [2.75, 3.05) is 13.1 Å². The summed E-state index contributed by atoms with van der Waals surface area (Å²) in [6, 6.07) is 18.1. The van der Waals surface area contributed by atoms with E-state index in [9.17, 15) is 4.79 Å². The Hall–Kier alpha value is -2.88. The molecule has 2 heterocycles. The molecule has 126 valence electrons. The van der Waals surface area contributed by atoms with Gasteiger partial charge in [-0.25, -0.2) is 4.98 Å². The molecule has 0 bridgehead atoms. The van der Waals surface area contributed by atoms with E-state index in [0.717, 1.165) is 48.4 Å². The van der Waals surface area contributed by atoms with Crippen molar-refractivity contribution in [1.29, 1.82) is 0 Å². The molecule has 1 fully saturated rings. The van der Waals surface area contributed by atoms with Gasteiger partial charge in [-0.05, 0) is 36.6 Å². The van der Waals surface area contributed by atoms with Gasteiger partial charge in [0, 0.05) is 13.1 Å². The van der Waals surface area contributed by atoms with Gasteiger partial charge in [0.2, 0.25) is 5.91 Å². The molecule has 25 heavy (non-hydrogen) atoms. The van der Waals surface area contributed by atoms with Gasteiger partial charge in [0.15, 0.2) is 0 Å².